The first-order chi connectivity index (χ1) is 13.0. The molecule has 0 saturated carbocycles. The zero-order valence-corrected chi connectivity index (χ0v) is 16.9. The van der Waals surface area contributed by atoms with Crippen LogP contribution in [0.15, 0.2) is 48.5 Å². The Morgan fingerprint density at radius 2 is 1.59 bits per heavy atom. The minimum absolute atomic E-state index is 0.0827. The van der Waals surface area contributed by atoms with Gasteiger partial charge in [0.15, 0.2) is 0 Å². The molecule has 1 fully saturated rings. The maximum Gasteiger partial charge on any atom is 0.241 e. The molecule has 144 valence electrons. The highest BCUT2D eigenvalue weighted by molar-refractivity contribution is 5.96. The lowest BCUT2D eigenvalue weighted by molar-refractivity contribution is -0.120. The molecular weight excluding hydrogens is 334 g/mol. The van der Waals surface area contributed by atoms with Gasteiger partial charge in [-0.05, 0) is 43.0 Å². The molecule has 3 rings (SSSR count). The number of hydrogen-bond donors (Lipinski definition) is 1. The fourth-order valence-corrected chi connectivity index (χ4v) is 3.74. The Hall–Kier alpha value is -2.33. The molecule has 4 nitrogen and oxygen atoms in total. The van der Waals surface area contributed by atoms with Crippen LogP contribution in [0.3, 0.4) is 0 Å². The zero-order valence-electron chi connectivity index (χ0n) is 16.9. The second-order valence-corrected chi connectivity index (χ2v) is 7.72. The number of benzene rings is 2. The van der Waals surface area contributed by atoms with Gasteiger partial charge in [0.05, 0.1) is 6.04 Å². The molecule has 1 heterocycles. The molecule has 2 aromatic carbocycles. The third-order valence-electron chi connectivity index (χ3n) is 5.54. The Morgan fingerprint density at radius 3 is 2.22 bits per heavy atom. The van der Waals surface area contributed by atoms with Crippen molar-refractivity contribution in [3.8, 4) is 0 Å². The van der Waals surface area contributed by atoms with Crippen molar-refractivity contribution in [2.24, 2.45) is 0 Å². The van der Waals surface area contributed by atoms with Crippen LogP contribution in [0.1, 0.15) is 37.8 Å². The third kappa shape index (κ3) is 4.51. The second kappa shape index (κ2) is 8.57. The Labute approximate surface area is 163 Å². The van der Waals surface area contributed by atoms with Crippen molar-refractivity contribution >= 4 is 17.3 Å². The first-order valence-corrected chi connectivity index (χ1v) is 9.91. The number of hydrogen-bond acceptors (Lipinski definition) is 3. The van der Waals surface area contributed by atoms with Crippen molar-refractivity contribution in [1.82, 2.24) is 4.90 Å². The molecule has 4 heteroatoms. The number of carbonyl (C=O) groups is 1. The summed E-state index contributed by atoms with van der Waals surface area (Å²) in [5, 5.41) is 3.21. The summed E-state index contributed by atoms with van der Waals surface area (Å²) >= 11 is 0. The molecule has 1 aliphatic heterocycles. The zero-order chi connectivity index (χ0) is 19.4. The van der Waals surface area contributed by atoms with Crippen LogP contribution in [0.25, 0.3) is 0 Å². The predicted octanol–water partition coefficient (Wildman–Crippen LogP) is 4.27. The first-order valence-electron chi connectivity index (χ1n) is 9.91. The van der Waals surface area contributed by atoms with Crippen LogP contribution >= 0.6 is 0 Å². The van der Waals surface area contributed by atoms with Gasteiger partial charge in [-0.15, -0.1) is 0 Å². The molecule has 2 aromatic rings. The van der Waals surface area contributed by atoms with E-state index in [0.717, 1.165) is 37.4 Å². The third-order valence-corrected chi connectivity index (χ3v) is 5.54. The molecule has 0 aromatic heterocycles. The number of piperazine rings is 1. The van der Waals surface area contributed by atoms with Gasteiger partial charge in [-0.3, -0.25) is 9.69 Å². The normalized spacial score (nSPS) is 16.4. The van der Waals surface area contributed by atoms with E-state index < -0.39 is 0 Å². The largest absolute Gasteiger partial charge is 0.369 e. The topological polar surface area (TPSA) is 35.6 Å². The van der Waals surface area contributed by atoms with Crippen molar-refractivity contribution < 1.29 is 4.79 Å². The monoisotopic (exact) mass is 365 g/mol. The minimum Gasteiger partial charge on any atom is -0.369 e. The van der Waals surface area contributed by atoms with Gasteiger partial charge in [0.1, 0.15) is 0 Å². The molecule has 1 amide bonds. The van der Waals surface area contributed by atoms with Gasteiger partial charge in [0.2, 0.25) is 5.91 Å². The van der Waals surface area contributed by atoms with Gasteiger partial charge in [0, 0.05) is 37.6 Å². The summed E-state index contributed by atoms with van der Waals surface area (Å²) in [7, 11) is 0. The quantitative estimate of drug-likeness (QED) is 0.860. The average Bonchev–Trinajstić information content (AvgIpc) is 2.69. The number of aryl methyl sites for hydroxylation is 1. The van der Waals surface area contributed by atoms with E-state index in [9.17, 15) is 4.79 Å². The van der Waals surface area contributed by atoms with Crippen LogP contribution in [-0.4, -0.2) is 43.0 Å². The number of nitrogens with zero attached hydrogens (tertiary/aromatic N) is 2. The van der Waals surface area contributed by atoms with Crippen molar-refractivity contribution in [3.05, 3.63) is 59.7 Å². The molecule has 0 unspecified atom stereocenters. The molecule has 1 atom stereocenters. The molecular formula is C23H31N3O. The van der Waals surface area contributed by atoms with Crippen LogP contribution in [0.4, 0.5) is 11.4 Å². The molecule has 1 aliphatic rings. The standard InChI is InChI=1S/C23H31N3O/c1-17(2)21-12-8-9-18(3)22(21)24-23(27)19(4)25-13-15-26(16-14-25)20-10-6-5-7-11-20/h5-12,17,19H,13-16H2,1-4H3,(H,24,27)/t19-/m1/s1. The van der Waals surface area contributed by atoms with Crippen molar-refractivity contribution in [1.29, 1.82) is 0 Å². The summed E-state index contributed by atoms with van der Waals surface area (Å²) in [6, 6.07) is 16.6. The van der Waals surface area contributed by atoms with Crippen LogP contribution in [0.2, 0.25) is 0 Å². The molecule has 0 bridgehead atoms. The Bertz CT molecular complexity index is 764. The van der Waals surface area contributed by atoms with Gasteiger partial charge < -0.3 is 10.2 Å². The summed E-state index contributed by atoms with van der Waals surface area (Å²) in [6.07, 6.45) is 0. The summed E-state index contributed by atoms with van der Waals surface area (Å²) in [4.78, 5) is 17.6. The number of anilines is 2. The van der Waals surface area contributed by atoms with E-state index in [1.807, 2.05) is 13.0 Å². The lowest BCUT2D eigenvalue weighted by Crippen LogP contribution is -2.52. The number of para-hydroxylation sites is 2. The number of amides is 1. The van der Waals surface area contributed by atoms with Crippen LogP contribution in [0.5, 0.6) is 0 Å². The molecule has 27 heavy (non-hydrogen) atoms. The van der Waals surface area contributed by atoms with Gasteiger partial charge in [-0.2, -0.15) is 0 Å². The molecule has 1 saturated heterocycles. The summed E-state index contributed by atoms with van der Waals surface area (Å²) in [5.41, 5.74) is 4.56. The fraction of sp³-hybridized carbons (Fsp3) is 0.435. The number of carbonyl (C=O) groups excluding carboxylic acids is 1. The molecule has 0 radical (unpaired) electrons. The van der Waals surface area contributed by atoms with Gasteiger partial charge >= 0.3 is 0 Å². The smallest absolute Gasteiger partial charge is 0.241 e. The first kappa shape index (κ1) is 19.4. The highest BCUT2D eigenvalue weighted by Crippen LogP contribution is 2.28. The van der Waals surface area contributed by atoms with Gasteiger partial charge in [-0.25, -0.2) is 0 Å². The predicted molar refractivity (Wildman–Crippen MR) is 114 cm³/mol. The van der Waals surface area contributed by atoms with E-state index in [2.05, 4.69) is 78.4 Å². The van der Waals surface area contributed by atoms with Gasteiger partial charge in [0.25, 0.3) is 0 Å². The molecule has 1 N–H and O–H groups in total. The number of nitrogens with one attached hydrogen (secondary N) is 1. The minimum atomic E-state index is -0.137. The Morgan fingerprint density at radius 1 is 0.926 bits per heavy atom. The molecule has 0 aliphatic carbocycles. The maximum absolute atomic E-state index is 12.9. The van der Waals surface area contributed by atoms with E-state index in [0.29, 0.717) is 5.92 Å². The lowest BCUT2D eigenvalue weighted by Gasteiger charge is -2.38. The maximum atomic E-state index is 12.9. The lowest BCUT2D eigenvalue weighted by atomic mass is 9.98. The van der Waals surface area contributed by atoms with Crippen LogP contribution in [-0.2, 0) is 4.79 Å². The Kier molecular flexibility index (Phi) is 6.17. The Balaban J connectivity index is 1.62. The average molecular weight is 366 g/mol. The van der Waals surface area contributed by atoms with E-state index in [4.69, 9.17) is 0 Å². The van der Waals surface area contributed by atoms with E-state index in [1.165, 1.54) is 11.3 Å². The highest BCUT2D eigenvalue weighted by atomic mass is 16.2. The van der Waals surface area contributed by atoms with E-state index in [1.54, 1.807) is 0 Å². The summed E-state index contributed by atoms with van der Waals surface area (Å²) in [5.74, 6) is 0.462. The van der Waals surface area contributed by atoms with Crippen LogP contribution < -0.4 is 10.2 Å². The van der Waals surface area contributed by atoms with E-state index >= 15 is 0 Å². The molecule has 0 spiro atoms. The SMILES string of the molecule is Cc1cccc(C(C)C)c1NC(=O)[C@@H](C)N1CCN(c2ccccc2)CC1. The number of rotatable bonds is 5. The summed E-state index contributed by atoms with van der Waals surface area (Å²) in [6.45, 7) is 12.1. The van der Waals surface area contributed by atoms with Crippen LogP contribution in [0, 0.1) is 6.92 Å². The van der Waals surface area contributed by atoms with E-state index in [-0.39, 0.29) is 11.9 Å². The second-order valence-electron chi connectivity index (χ2n) is 7.72. The highest BCUT2D eigenvalue weighted by Gasteiger charge is 2.26. The fourth-order valence-electron chi connectivity index (χ4n) is 3.74. The van der Waals surface area contributed by atoms with Crippen molar-refractivity contribution in [3.63, 3.8) is 0 Å². The van der Waals surface area contributed by atoms with Crippen molar-refractivity contribution in [2.45, 2.75) is 39.7 Å². The van der Waals surface area contributed by atoms with Crippen molar-refractivity contribution in [2.75, 3.05) is 36.4 Å². The van der Waals surface area contributed by atoms with Gasteiger partial charge in [-0.1, -0.05) is 50.2 Å². The summed E-state index contributed by atoms with van der Waals surface area (Å²) < 4.78 is 0.